The molecule has 0 spiro atoms. The van der Waals surface area contributed by atoms with E-state index in [1.165, 1.54) is 0 Å². The van der Waals surface area contributed by atoms with E-state index in [1.807, 2.05) is 19.1 Å². The average molecular weight is 194 g/mol. The summed E-state index contributed by atoms with van der Waals surface area (Å²) in [6.45, 7) is 1.99. The number of hydrogen-bond acceptors (Lipinski definition) is 2. The van der Waals surface area contributed by atoms with E-state index in [9.17, 15) is 4.39 Å². The molecule has 0 aromatic carbocycles. The Hall–Kier alpha value is -1.12. The van der Waals surface area contributed by atoms with E-state index in [4.69, 9.17) is 0 Å². The van der Waals surface area contributed by atoms with Gasteiger partial charge < -0.3 is 5.32 Å². The summed E-state index contributed by atoms with van der Waals surface area (Å²) >= 11 is 0. The van der Waals surface area contributed by atoms with Crippen LogP contribution in [0.15, 0.2) is 18.3 Å². The van der Waals surface area contributed by atoms with E-state index in [2.05, 4.69) is 10.3 Å². The molecule has 1 aliphatic rings. The van der Waals surface area contributed by atoms with Crippen LogP contribution in [0.2, 0.25) is 0 Å². The molecule has 0 amide bonds. The van der Waals surface area contributed by atoms with Crippen molar-refractivity contribution in [2.45, 2.75) is 38.4 Å². The fourth-order valence-corrected chi connectivity index (χ4v) is 1.82. The standard InChI is InChI=1S/C11H15FN2/c1-8-5-6-11(13-7-8)14-10-4-2-3-9(10)12/h5-7,9-10H,2-4H2,1H3,(H,13,14)/t9-,10+/m1/s1. The van der Waals surface area contributed by atoms with Gasteiger partial charge in [0.2, 0.25) is 0 Å². The Kier molecular flexibility index (Phi) is 2.66. The molecular formula is C11H15FN2. The lowest BCUT2D eigenvalue weighted by Gasteiger charge is -2.15. The summed E-state index contributed by atoms with van der Waals surface area (Å²) < 4.78 is 13.3. The second-order valence-corrected chi connectivity index (χ2v) is 3.92. The molecule has 2 atom stereocenters. The molecular weight excluding hydrogens is 179 g/mol. The first-order chi connectivity index (χ1) is 6.75. The van der Waals surface area contributed by atoms with Crippen LogP contribution in [0.5, 0.6) is 0 Å². The van der Waals surface area contributed by atoms with Crippen molar-refractivity contribution in [2.24, 2.45) is 0 Å². The minimum Gasteiger partial charge on any atom is -0.364 e. The summed E-state index contributed by atoms with van der Waals surface area (Å²) in [5.41, 5.74) is 1.12. The third kappa shape index (κ3) is 2.03. The smallest absolute Gasteiger partial charge is 0.126 e. The highest BCUT2D eigenvalue weighted by atomic mass is 19.1. The molecule has 1 heterocycles. The maximum absolute atomic E-state index is 13.3. The Balaban J connectivity index is 2.00. The molecule has 2 rings (SSSR count). The fraction of sp³-hybridized carbons (Fsp3) is 0.545. The molecule has 0 aliphatic heterocycles. The third-order valence-electron chi connectivity index (χ3n) is 2.68. The van der Waals surface area contributed by atoms with E-state index in [0.717, 1.165) is 24.2 Å². The summed E-state index contributed by atoms with van der Waals surface area (Å²) in [4.78, 5) is 4.20. The second-order valence-electron chi connectivity index (χ2n) is 3.92. The number of pyridine rings is 1. The van der Waals surface area contributed by atoms with Gasteiger partial charge in [-0.3, -0.25) is 0 Å². The van der Waals surface area contributed by atoms with Crippen LogP contribution in [0.25, 0.3) is 0 Å². The van der Waals surface area contributed by atoms with Gasteiger partial charge in [0.25, 0.3) is 0 Å². The largest absolute Gasteiger partial charge is 0.364 e. The quantitative estimate of drug-likeness (QED) is 0.783. The normalized spacial score (nSPS) is 26.4. The Bertz CT molecular complexity index is 297. The van der Waals surface area contributed by atoms with Crippen molar-refractivity contribution in [3.63, 3.8) is 0 Å². The van der Waals surface area contributed by atoms with Gasteiger partial charge in [0, 0.05) is 6.20 Å². The van der Waals surface area contributed by atoms with Crippen LogP contribution in [0.4, 0.5) is 10.2 Å². The Morgan fingerprint density at radius 2 is 2.29 bits per heavy atom. The van der Waals surface area contributed by atoms with Crippen molar-refractivity contribution in [2.75, 3.05) is 5.32 Å². The van der Waals surface area contributed by atoms with E-state index in [0.29, 0.717) is 6.42 Å². The first-order valence-corrected chi connectivity index (χ1v) is 5.09. The van der Waals surface area contributed by atoms with Gasteiger partial charge in [-0.2, -0.15) is 0 Å². The van der Waals surface area contributed by atoms with Crippen molar-refractivity contribution >= 4 is 5.82 Å². The summed E-state index contributed by atoms with van der Waals surface area (Å²) in [6.07, 6.45) is 3.66. The number of anilines is 1. The molecule has 1 N–H and O–H groups in total. The fourth-order valence-electron chi connectivity index (χ4n) is 1.82. The van der Waals surface area contributed by atoms with E-state index in [1.54, 1.807) is 6.20 Å². The van der Waals surface area contributed by atoms with Gasteiger partial charge >= 0.3 is 0 Å². The van der Waals surface area contributed by atoms with Gasteiger partial charge in [0.15, 0.2) is 0 Å². The Morgan fingerprint density at radius 1 is 1.43 bits per heavy atom. The zero-order valence-electron chi connectivity index (χ0n) is 8.33. The summed E-state index contributed by atoms with van der Waals surface area (Å²) in [6, 6.07) is 3.85. The van der Waals surface area contributed by atoms with Gasteiger partial charge in [-0.05, 0) is 37.8 Å². The lowest BCUT2D eigenvalue weighted by molar-refractivity contribution is 0.323. The monoisotopic (exact) mass is 194 g/mol. The van der Waals surface area contributed by atoms with Gasteiger partial charge in [0.1, 0.15) is 12.0 Å². The minimum atomic E-state index is -0.710. The molecule has 1 aromatic heterocycles. The van der Waals surface area contributed by atoms with Crippen molar-refractivity contribution in [3.05, 3.63) is 23.9 Å². The number of aryl methyl sites for hydroxylation is 1. The third-order valence-corrected chi connectivity index (χ3v) is 2.68. The van der Waals surface area contributed by atoms with Crippen LogP contribution < -0.4 is 5.32 Å². The number of alkyl halides is 1. The molecule has 0 bridgehead atoms. The first kappa shape index (κ1) is 9.44. The average Bonchev–Trinajstić information content (AvgIpc) is 2.56. The maximum Gasteiger partial charge on any atom is 0.126 e. The zero-order chi connectivity index (χ0) is 9.97. The van der Waals surface area contributed by atoms with Crippen LogP contribution in [0.1, 0.15) is 24.8 Å². The molecule has 3 heteroatoms. The van der Waals surface area contributed by atoms with Crippen molar-refractivity contribution in [1.29, 1.82) is 0 Å². The maximum atomic E-state index is 13.3. The Labute approximate surface area is 83.6 Å². The van der Waals surface area contributed by atoms with Crippen LogP contribution in [0.3, 0.4) is 0 Å². The van der Waals surface area contributed by atoms with Gasteiger partial charge in [0.05, 0.1) is 6.04 Å². The lowest BCUT2D eigenvalue weighted by atomic mass is 10.2. The molecule has 1 fully saturated rings. The highest BCUT2D eigenvalue weighted by Gasteiger charge is 2.26. The highest BCUT2D eigenvalue weighted by Crippen LogP contribution is 2.24. The second kappa shape index (κ2) is 3.95. The zero-order valence-corrected chi connectivity index (χ0v) is 8.33. The van der Waals surface area contributed by atoms with Gasteiger partial charge in [-0.1, -0.05) is 6.07 Å². The van der Waals surface area contributed by atoms with E-state index < -0.39 is 6.17 Å². The molecule has 0 saturated heterocycles. The van der Waals surface area contributed by atoms with Crippen molar-refractivity contribution in [3.8, 4) is 0 Å². The van der Waals surface area contributed by atoms with Crippen LogP contribution in [0, 0.1) is 6.92 Å². The molecule has 1 aliphatic carbocycles. The number of rotatable bonds is 2. The topological polar surface area (TPSA) is 24.9 Å². The summed E-state index contributed by atoms with van der Waals surface area (Å²) in [5.74, 6) is 0.783. The van der Waals surface area contributed by atoms with E-state index >= 15 is 0 Å². The van der Waals surface area contributed by atoms with Crippen LogP contribution >= 0.6 is 0 Å². The number of nitrogens with one attached hydrogen (secondary N) is 1. The highest BCUT2D eigenvalue weighted by molar-refractivity contribution is 5.37. The number of halogens is 1. The number of nitrogens with zero attached hydrogens (tertiary/aromatic N) is 1. The van der Waals surface area contributed by atoms with Crippen molar-refractivity contribution < 1.29 is 4.39 Å². The lowest BCUT2D eigenvalue weighted by Crippen LogP contribution is -2.25. The Morgan fingerprint density at radius 3 is 2.86 bits per heavy atom. The molecule has 0 radical (unpaired) electrons. The van der Waals surface area contributed by atoms with Gasteiger partial charge in [-0.15, -0.1) is 0 Å². The van der Waals surface area contributed by atoms with Gasteiger partial charge in [-0.25, -0.2) is 9.37 Å². The predicted molar refractivity (Wildman–Crippen MR) is 55.1 cm³/mol. The summed E-state index contributed by atoms with van der Waals surface area (Å²) in [5, 5.41) is 3.13. The van der Waals surface area contributed by atoms with Crippen molar-refractivity contribution in [1.82, 2.24) is 4.98 Å². The number of hydrogen-bond donors (Lipinski definition) is 1. The molecule has 76 valence electrons. The first-order valence-electron chi connectivity index (χ1n) is 5.09. The molecule has 2 nitrogen and oxygen atoms in total. The van der Waals surface area contributed by atoms with Crippen LogP contribution in [-0.4, -0.2) is 17.2 Å². The minimum absolute atomic E-state index is 0.0368. The number of aromatic nitrogens is 1. The summed E-state index contributed by atoms with van der Waals surface area (Å²) in [7, 11) is 0. The van der Waals surface area contributed by atoms with E-state index in [-0.39, 0.29) is 6.04 Å². The molecule has 0 unspecified atom stereocenters. The molecule has 14 heavy (non-hydrogen) atoms. The predicted octanol–water partition coefficient (Wildman–Crippen LogP) is 2.69. The molecule has 1 aromatic rings. The van der Waals surface area contributed by atoms with Crippen LogP contribution in [-0.2, 0) is 0 Å². The molecule has 1 saturated carbocycles. The SMILES string of the molecule is Cc1ccc(N[C@H]2CCC[C@H]2F)nc1.